The maximum absolute atomic E-state index is 5.62. The third kappa shape index (κ3) is 2.61. The molecule has 1 aliphatic rings. The molecule has 0 amide bonds. The van der Waals surface area contributed by atoms with Crippen LogP contribution in [0.3, 0.4) is 0 Å². The lowest BCUT2D eigenvalue weighted by Crippen LogP contribution is -2.14. The lowest BCUT2D eigenvalue weighted by Gasteiger charge is -2.10. The number of hydrogen-bond acceptors (Lipinski definition) is 2. The Morgan fingerprint density at radius 2 is 2.53 bits per heavy atom. The summed E-state index contributed by atoms with van der Waals surface area (Å²) in [6, 6.07) is 2.60. The van der Waals surface area contributed by atoms with E-state index in [9.17, 15) is 0 Å². The van der Waals surface area contributed by atoms with E-state index in [1.165, 1.54) is 18.4 Å². The van der Waals surface area contributed by atoms with Gasteiger partial charge in [-0.1, -0.05) is 0 Å². The van der Waals surface area contributed by atoms with Crippen LogP contribution in [0.4, 0.5) is 0 Å². The van der Waals surface area contributed by atoms with Gasteiger partial charge in [0.1, 0.15) is 0 Å². The number of ether oxygens (including phenoxy) is 1. The Morgan fingerprint density at radius 1 is 1.67 bits per heavy atom. The summed E-state index contributed by atoms with van der Waals surface area (Å²) in [7, 11) is 1.99. The van der Waals surface area contributed by atoms with Crippen LogP contribution < -0.4 is 5.32 Å². The zero-order valence-corrected chi connectivity index (χ0v) is 9.57. The van der Waals surface area contributed by atoms with Crippen molar-refractivity contribution in [2.45, 2.75) is 38.5 Å². The van der Waals surface area contributed by atoms with E-state index in [4.69, 9.17) is 4.74 Å². The van der Waals surface area contributed by atoms with Gasteiger partial charge < -0.3 is 14.6 Å². The summed E-state index contributed by atoms with van der Waals surface area (Å²) in [5.41, 5.74) is 1.34. The predicted octanol–water partition coefficient (Wildman–Crippen LogP) is 1.95. The van der Waals surface area contributed by atoms with Crippen molar-refractivity contribution in [1.82, 2.24) is 9.88 Å². The Bertz CT molecular complexity index is 302. The van der Waals surface area contributed by atoms with Gasteiger partial charge in [-0.3, -0.25) is 0 Å². The molecule has 2 atom stereocenters. The van der Waals surface area contributed by atoms with Crippen molar-refractivity contribution >= 4 is 0 Å². The fourth-order valence-corrected chi connectivity index (χ4v) is 2.02. The van der Waals surface area contributed by atoms with Crippen LogP contribution in [-0.2, 0) is 11.3 Å². The zero-order chi connectivity index (χ0) is 10.7. The average Bonchev–Trinajstić information content (AvgIpc) is 2.88. The van der Waals surface area contributed by atoms with E-state index < -0.39 is 0 Å². The Hall–Kier alpha value is -0.800. The summed E-state index contributed by atoms with van der Waals surface area (Å²) in [5, 5.41) is 3.24. The number of hydrogen-bond donors (Lipinski definition) is 1. The highest BCUT2D eigenvalue weighted by Gasteiger charge is 2.16. The second kappa shape index (κ2) is 4.81. The van der Waals surface area contributed by atoms with E-state index in [1.54, 1.807) is 0 Å². The molecule has 0 bridgehead atoms. The van der Waals surface area contributed by atoms with Crippen molar-refractivity contribution in [1.29, 1.82) is 0 Å². The minimum atomic E-state index is 0.426. The largest absolute Gasteiger partial charge is 0.376 e. The van der Waals surface area contributed by atoms with Crippen molar-refractivity contribution in [3.63, 3.8) is 0 Å². The monoisotopic (exact) mass is 208 g/mol. The van der Waals surface area contributed by atoms with Crippen LogP contribution in [0.2, 0.25) is 0 Å². The molecule has 1 aromatic heterocycles. The summed E-state index contributed by atoms with van der Waals surface area (Å²) in [6.45, 7) is 4.11. The average molecular weight is 208 g/mol. The molecular formula is C12H20N2O. The van der Waals surface area contributed by atoms with Gasteiger partial charge in [-0.25, -0.2) is 0 Å². The van der Waals surface area contributed by atoms with Gasteiger partial charge in [0.25, 0.3) is 0 Å². The molecule has 1 N–H and O–H groups in total. The minimum Gasteiger partial charge on any atom is -0.376 e. The first-order valence-corrected chi connectivity index (χ1v) is 5.74. The maximum atomic E-state index is 5.62. The molecule has 0 radical (unpaired) electrons. The van der Waals surface area contributed by atoms with E-state index in [0.29, 0.717) is 12.1 Å². The lowest BCUT2D eigenvalue weighted by molar-refractivity contribution is 0.0971. The summed E-state index contributed by atoms with van der Waals surface area (Å²) < 4.78 is 7.85. The van der Waals surface area contributed by atoms with Crippen LogP contribution in [-0.4, -0.2) is 24.3 Å². The summed E-state index contributed by atoms with van der Waals surface area (Å²) in [6.07, 6.45) is 7.20. The standard InChI is InChI=1S/C12H20N2O/c1-10(13-2)11-5-6-14(8-11)9-12-4-3-7-15-12/h5-6,8,10,12-13H,3-4,7,9H2,1-2H3. The normalized spacial score (nSPS) is 23.2. The van der Waals surface area contributed by atoms with E-state index >= 15 is 0 Å². The molecule has 1 aromatic rings. The molecule has 2 heterocycles. The molecule has 2 rings (SSSR count). The molecule has 0 saturated carbocycles. The van der Waals surface area contributed by atoms with E-state index in [0.717, 1.165) is 13.2 Å². The molecule has 0 aromatic carbocycles. The predicted molar refractivity (Wildman–Crippen MR) is 60.9 cm³/mol. The molecule has 0 spiro atoms. The van der Waals surface area contributed by atoms with Crippen LogP contribution in [0.5, 0.6) is 0 Å². The van der Waals surface area contributed by atoms with Gasteiger partial charge in [0.05, 0.1) is 6.10 Å². The van der Waals surface area contributed by atoms with Gasteiger partial charge in [0, 0.05) is 31.6 Å². The van der Waals surface area contributed by atoms with Crippen molar-refractivity contribution in [3.05, 3.63) is 24.0 Å². The second-order valence-corrected chi connectivity index (χ2v) is 4.29. The van der Waals surface area contributed by atoms with Crippen LogP contribution in [0.1, 0.15) is 31.4 Å². The highest BCUT2D eigenvalue weighted by atomic mass is 16.5. The fourth-order valence-electron chi connectivity index (χ4n) is 2.02. The lowest BCUT2D eigenvalue weighted by atomic mass is 10.2. The van der Waals surface area contributed by atoms with Gasteiger partial charge >= 0.3 is 0 Å². The van der Waals surface area contributed by atoms with Crippen LogP contribution >= 0.6 is 0 Å². The van der Waals surface area contributed by atoms with Crippen molar-refractivity contribution in [2.75, 3.05) is 13.7 Å². The Balaban J connectivity index is 1.94. The maximum Gasteiger partial charge on any atom is 0.0754 e. The number of aromatic nitrogens is 1. The third-order valence-electron chi connectivity index (χ3n) is 3.14. The van der Waals surface area contributed by atoms with Gasteiger partial charge in [-0.2, -0.15) is 0 Å². The molecular weight excluding hydrogens is 188 g/mol. The topological polar surface area (TPSA) is 26.2 Å². The minimum absolute atomic E-state index is 0.426. The fraction of sp³-hybridized carbons (Fsp3) is 0.667. The quantitative estimate of drug-likeness (QED) is 0.818. The van der Waals surface area contributed by atoms with Gasteiger partial charge in [-0.15, -0.1) is 0 Å². The van der Waals surface area contributed by atoms with Gasteiger partial charge in [-0.05, 0) is 38.4 Å². The Labute approximate surface area is 91.4 Å². The molecule has 1 aliphatic heterocycles. The first-order chi connectivity index (χ1) is 7.29. The van der Waals surface area contributed by atoms with Crippen LogP contribution in [0.15, 0.2) is 18.5 Å². The van der Waals surface area contributed by atoms with E-state index in [1.807, 2.05) is 7.05 Å². The van der Waals surface area contributed by atoms with E-state index in [-0.39, 0.29) is 0 Å². The number of nitrogens with zero attached hydrogens (tertiary/aromatic N) is 1. The molecule has 3 nitrogen and oxygen atoms in total. The van der Waals surface area contributed by atoms with Crippen molar-refractivity contribution in [3.8, 4) is 0 Å². The van der Waals surface area contributed by atoms with Crippen LogP contribution in [0, 0.1) is 0 Å². The van der Waals surface area contributed by atoms with Gasteiger partial charge in [0.15, 0.2) is 0 Å². The van der Waals surface area contributed by atoms with Crippen LogP contribution in [0.25, 0.3) is 0 Å². The molecule has 0 aliphatic carbocycles. The SMILES string of the molecule is CNC(C)c1ccn(CC2CCCO2)c1. The molecule has 1 saturated heterocycles. The molecule has 1 fully saturated rings. The second-order valence-electron chi connectivity index (χ2n) is 4.29. The number of nitrogens with one attached hydrogen (secondary N) is 1. The molecule has 15 heavy (non-hydrogen) atoms. The highest BCUT2D eigenvalue weighted by Crippen LogP contribution is 2.16. The Morgan fingerprint density at radius 3 is 3.20 bits per heavy atom. The van der Waals surface area contributed by atoms with Crippen molar-refractivity contribution < 1.29 is 4.74 Å². The molecule has 3 heteroatoms. The Kier molecular flexibility index (Phi) is 3.44. The smallest absolute Gasteiger partial charge is 0.0754 e. The highest BCUT2D eigenvalue weighted by molar-refractivity contribution is 5.14. The number of rotatable bonds is 4. The summed E-state index contributed by atoms with van der Waals surface area (Å²) >= 11 is 0. The first kappa shape index (κ1) is 10.7. The van der Waals surface area contributed by atoms with Crippen molar-refractivity contribution in [2.24, 2.45) is 0 Å². The zero-order valence-electron chi connectivity index (χ0n) is 9.57. The molecule has 84 valence electrons. The molecule has 2 unspecified atom stereocenters. The summed E-state index contributed by atoms with van der Waals surface area (Å²) in [5.74, 6) is 0. The first-order valence-electron chi connectivity index (χ1n) is 5.74. The van der Waals surface area contributed by atoms with Gasteiger partial charge in [0.2, 0.25) is 0 Å². The third-order valence-corrected chi connectivity index (χ3v) is 3.14. The van der Waals surface area contributed by atoms with E-state index in [2.05, 4.69) is 35.3 Å². The summed E-state index contributed by atoms with van der Waals surface area (Å²) in [4.78, 5) is 0.